The van der Waals surface area contributed by atoms with Gasteiger partial charge in [-0.05, 0) is 34.1 Å². The molecule has 0 radical (unpaired) electrons. The van der Waals surface area contributed by atoms with Gasteiger partial charge in [0, 0.05) is 12.1 Å². The second-order valence-corrected chi connectivity index (χ2v) is 5.64. The molecule has 6 nitrogen and oxygen atoms in total. The molecule has 0 spiro atoms. The highest BCUT2D eigenvalue weighted by molar-refractivity contribution is 5.78. The van der Waals surface area contributed by atoms with Gasteiger partial charge < -0.3 is 21.5 Å². The normalized spacial score (nSPS) is 12.3. The molecule has 0 aromatic carbocycles. The lowest BCUT2D eigenvalue weighted by molar-refractivity contribution is -0.124. The van der Waals surface area contributed by atoms with Gasteiger partial charge in [0.15, 0.2) is 0 Å². The first-order valence-electron chi connectivity index (χ1n) is 6.01. The number of carbonyl (C=O) groups excluding carboxylic acids is 2. The summed E-state index contributed by atoms with van der Waals surface area (Å²) in [5, 5.41) is 2.80. The first kappa shape index (κ1) is 16.9. The van der Waals surface area contributed by atoms with Crippen molar-refractivity contribution < 1.29 is 14.3 Å². The Balaban J connectivity index is 4.09. The van der Waals surface area contributed by atoms with Crippen LogP contribution in [0.25, 0.3) is 0 Å². The number of nitrogens with one attached hydrogen (secondary N) is 1. The van der Waals surface area contributed by atoms with Crippen molar-refractivity contribution in [2.75, 3.05) is 13.2 Å². The van der Waals surface area contributed by atoms with Crippen molar-refractivity contribution in [1.29, 1.82) is 0 Å². The predicted octanol–water partition coefficient (Wildman–Crippen LogP) is -0.0994. The van der Waals surface area contributed by atoms with Gasteiger partial charge in [0.2, 0.25) is 11.8 Å². The fourth-order valence-electron chi connectivity index (χ4n) is 1.54. The van der Waals surface area contributed by atoms with Crippen LogP contribution in [0.3, 0.4) is 0 Å². The summed E-state index contributed by atoms with van der Waals surface area (Å²) in [4.78, 5) is 22.0. The summed E-state index contributed by atoms with van der Waals surface area (Å²) in [5.41, 5.74) is 9.39. The number of hydrogen-bond donors (Lipinski definition) is 3. The fourth-order valence-corrected chi connectivity index (χ4v) is 1.54. The fraction of sp³-hybridized carbons (Fsp3) is 0.833. The van der Waals surface area contributed by atoms with Gasteiger partial charge in [0.25, 0.3) is 0 Å². The lowest BCUT2D eigenvalue weighted by atomic mass is 10.0. The number of primary amides is 1. The molecule has 0 atom stereocenters. The van der Waals surface area contributed by atoms with E-state index in [0.717, 1.165) is 0 Å². The van der Waals surface area contributed by atoms with Crippen LogP contribution in [-0.2, 0) is 14.3 Å². The number of amides is 2. The standard InChI is InChI=1S/C12H25N3O3/c1-11(2,15-10(17)8-13)5-6-18-12(3,4)7-9(14)16/h5-8,13H2,1-4H3,(H2,14,16)(H,15,17). The number of carbonyl (C=O) groups is 2. The van der Waals surface area contributed by atoms with E-state index in [4.69, 9.17) is 16.2 Å². The second-order valence-electron chi connectivity index (χ2n) is 5.64. The Kier molecular flexibility index (Phi) is 6.28. The topological polar surface area (TPSA) is 107 Å². The van der Waals surface area contributed by atoms with Gasteiger partial charge >= 0.3 is 0 Å². The van der Waals surface area contributed by atoms with E-state index in [0.29, 0.717) is 13.0 Å². The van der Waals surface area contributed by atoms with Gasteiger partial charge in [0.1, 0.15) is 0 Å². The van der Waals surface area contributed by atoms with Crippen LogP contribution >= 0.6 is 0 Å². The summed E-state index contributed by atoms with van der Waals surface area (Å²) < 4.78 is 5.61. The third-order valence-electron chi connectivity index (χ3n) is 2.48. The Hall–Kier alpha value is -1.14. The van der Waals surface area contributed by atoms with Crippen molar-refractivity contribution >= 4 is 11.8 Å². The Morgan fingerprint density at radius 2 is 1.78 bits per heavy atom. The Labute approximate surface area is 108 Å². The van der Waals surface area contributed by atoms with E-state index in [1.165, 1.54) is 0 Å². The number of hydrogen-bond acceptors (Lipinski definition) is 4. The molecule has 0 aromatic heterocycles. The zero-order valence-electron chi connectivity index (χ0n) is 11.7. The summed E-state index contributed by atoms with van der Waals surface area (Å²) in [6.45, 7) is 7.80. The summed E-state index contributed by atoms with van der Waals surface area (Å²) in [7, 11) is 0. The molecule has 0 fully saturated rings. The summed E-state index contributed by atoms with van der Waals surface area (Å²) >= 11 is 0. The zero-order chi connectivity index (χ0) is 14.4. The van der Waals surface area contributed by atoms with Crippen LogP contribution in [0.2, 0.25) is 0 Å². The highest BCUT2D eigenvalue weighted by atomic mass is 16.5. The molecule has 6 heteroatoms. The van der Waals surface area contributed by atoms with E-state index in [2.05, 4.69) is 5.32 Å². The first-order chi connectivity index (χ1) is 8.08. The van der Waals surface area contributed by atoms with Crippen molar-refractivity contribution in [1.82, 2.24) is 5.32 Å². The maximum atomic E-state index is 11.2. The average Bonchev–Trinajstić information content (AvgIpc) is 2.13. The molecule has 0 rings (SSSR count). The van der Waals surface area contributed by atoms with Gasteiger partial charge in [-0.1, -0.05) is 0 Å². The van der Waals surface area contributed by atoms with Crippen molar-refractivity contribution in [3.63, 3.8) is 0 Å². The highest BCUT2D eigenvalue weighted by Gasteiger charge is 2.24. The summed E-state index contributed by atoms with van der Waals surface area (Å²) in [5.74, 6) is -0.591. The molecule has 0 unspecified atom stereocenters. The van der Waals surface area contributed by atoms with Crippen LogP contribution in [0, 0.1) is 0 Å². The smallest absolute Gasteiger partial charge is 0.234 e. The van der Waals surface area contributed by atoms with Gasteiger partial charge in [-0.2, -0.15) is 0 Å². The van der Waals surface area contributed by atoms with Crippen LogP contribution < -0.4 is 16.8 Å². The van der Waals surface area contributed by atoms with E-state index in [-0.39, 0.29) is 24.4 Å². The van der Waals surface area contributed by atoms with Gasteiger partial charge in [-0.3, -0.25) is 9.59 Å². The van der Waals surface area contributed by atoms with Crippen LogP contribution in [0.15, 0.2) is 0 Å². The number of ether oxygens (including phenoxy) is 1. The molecule has 0 aromatic rings. The molecular weight excluding hydrogens is 234 g/mol. The molecule has 0 aliphatic rings. The molecule has 0 heterocycles. The molecular formula is C12H25N3O3. The van der Waals surface area contributed by atoms with Crippen LogP contribution in [-0.4, -0.2) is 36.1 Å². The minimum Gasteiger partial charge on any atom is -0.375 e. The third kappa shape index (κ3) is 8.03. The van der Waals surface area contributed by atoms with E-state index in [9.17, 15) is 9.59 Å². The van der Waals surface area contributed by atoms with Crippen LogP contribution in [0.1, 0.15) is 40.5 Å². The second kappa shape index (κ2) is 6.70. The number of nitrogens with two attached hydrogens (primary N) is 2. The van der Waals surface area contributed by atoms with E-state index >= 15 is 0 Å². The van der Waals surface area contributed by atoms with E-state index in [1.54, 1.807) is 0 Å². The lowest BCUT2D eigenvalue weighted by Crippen LogP contribution is -2.47. The molecule has 106 valence electrons. The molecule has 0 bridgehead atoms. The van der Waals surface area contributed by atoms with Gasteiger partial charge in [0.05, 0.1) is 18.6 Å². The maximum absolute atomic E-state index is 11.2. The molecule has 0 aliphatic carbocycles. The van der Waals surface area contributed by atoms with Gasteiger partial charge in [-0.25, -0.2) is 0 Å². The summed E-state index contributed by atoms with van der Waals surface area (Å²) in [6.07, 6.45) is 0.795. The van der Waals surface area contributed by atoms with Crippen molar-refractivity contribution in [2.45, 2.75) is 51.7 Å². The molecule has 0 saturated carbocycles. The SMILES string of the molecule is CC(C)(CCOC(C)(C)CC(N)=O)NC(=O)CN. The van der Waals surface area contributed by atoms with Crippen molar-refractivity contribution in [3.05, 3.63) is 0 Å². The van der Waals surface area contributed by atoms with Crippen LogP contribution in [0.4, 0.5) is 0 Å². The van der Waals surface area contributed by atoms with Crippen molar-refractivity contribution in [2.24, 2.45) is 11.5 Å². The minimum absolute atomic E-state index is 0.0303. The lowest BCUT2D eigenvalue weighted by Gasteiger charge is -2.29. The van der Waals surface area contributed by atoms with E-state index < -0.39 is 11.5 Å². The quantitative estimate of drug-likeness (QED) is 0.565. The Morgan fingerprint density at radius 3 is 2.22 bits per heavy atom. The maximum Gasteiger partial charge on any atom is 0.234 e. The highest BCUT2D eigenvalue weighted by Crippen LogP contribution is 2.16. The molecule has 0 saturated heterocycles. The largest absolute Gasteiger partial charge is 0.375 e. The minimum atomic E-state index is -0.584. The first-order valence-corrected chi connectivity index (χ1v) is 6.01. The molecule has 18 heavy (non-hydrogen) atoms. The van der Waals surface area contributed by atoms with Crippen molar-refractivity contribution in [3.8, 4) is 0 Å². The zero-order valence-corrected chi connectivity index (χ0v) is 11.7. The molecule has 2 amide bonds. The molecule has 5 N–H and O–H groups in total. The average molecular weight is 259 g/mol. The van der Waals surface area contributed by atoms with Gasteiger partial charge in [-0.15, -0.1) is 0 Å². The summed E-state index contributed by atoms with van der Waals surface area (Å²) in [6, 6.07) is 0. The molecule has 0 aliphatic heterocycles. The number of rotatable bonds is 8. The Bertz CT molecular complexity index is 301. The monoisotopic (exact) mass is 259 g/mol. The van der Waals surface area contributed by atoms with Crippen LogP contribution in [0.5, 0.6) is 0 Å². The third-order valence-corrected chi connectivity index (χ3v) is 2.48. The van der Waals surface area contributed by atoms with E-state index in [1.807, 2.05) is 27.7 Å². The predicted molar refractivity (Wildman–Crippen MR) is 69.7 cm³/mol. The Morgan fingerprint density at radius 1 is 1.22 bits per heavy atom.